The fourth-order valence-electron chi connectivity index (χ4n) is 6.70. The highest BCUT2D eigenvalue weighted by atomic mass is 16.5. The molecule has 0 radical (unpaired) electrons. The largest absolute Gasteiger partial charge is 0.466 e. The molecule has 47 heavy (non-hydrogen) atoms. The Bertz CT molecular complexity index is 601. The molecule has 1 N–H and O–H groups in total. The highest BCUT2D eigenvalue weighted by Gasteiger charge is 2.03. The molecule has 280 valence electrons. The summed E-state index contributed by atoms with van der Waals surface area (Å²) < 4.78 is 5.47. The van der Waals surface area contributed by atoms with Gasteiger partial charge in [0.15, 0.2) is 0 Å². The highest BCUT2D eigenvalue weighted by Crippen LogP contribution is 2.16. The molecule has 0 rings (SSSR count). The lowest BCUT2D eigenvalue weighted by molar-refractivity contribution is -0.143. The van der Waals surface area contributed by atoms with Crippen molar-refractivity contribution in [3.63, 3.8) is 0 Å². The zero-order valence-corrected chi connectivity index (χ0v) is 32.2. The highest BCUT2D eigenvalue weighted by molar-refractivity contribution is 5.69. The zero-order valence-electron chi connectivity index (χ0n) is 32.2. The first-order valence-electron chi connectivity index (χ1n) is 21.7. The standard InChI is InChI=1S/C44H86O3/c1-2-3-4-5-6-7-8-9-10-11-12-13-14-17-20-23-26-29-32-35-38-41-44(46)47-43-40-37-34-31-28-25-22-19-16-15-18-21-24-27-30-33-36-39-42-45/h9-10,45H,2-8,11-43H2,1H3. The van der Waals surface area contributed by atoms with E-state index < -0.39 is 0 Å². The van der Waals surface area contributed by atoms with Crippen molar-refractivity contribution < 1.29 is 14.6 Å². The van der Waals surface area contributed by atoms with Gasteiger partial charge in [-0.15, -0.1) is 0 Å². The van der Waals surface area contributed by atoms with E-state index in [0.717, 1.165) is 19.3 Å². The van der Waals surface area contributed by atoms with E-state index in [1.807, 2.05) is 0 Å². The van der Waals surface area contributed by atoms with E-state index in [0.29, 0.717) is 19.6 Å². The summed E-state index contributed by atoms with van der Waals surface area (Å²) in [7, 11) is 0. The molecule has 0 unspecified atom stereocenters. The molecule has 0 aromatic carbocycles. The molecule has 0 fully saturated rings. The van der Waals surface area contributed by atoms with Crippen LogP contribution in [0.15, 0.2) is 12.2 Å². The lowest BCUT2D eigenvalue weighted by Crippen LogP contribution is -2.05. The minimum Gasteiger partial charge on any atom is -0.466 e. The van der Waals surface area contributed by atoms with Gasteiger partial charge in [-0.1, -0.05) is 212 Å². The van der Waals surface area contributed by atoms with Gasteiger partial charge in [0.25, 0.3) is 0 Å². The molecule has 0 atom stereocenters. The first-order valence-corrected chi connectivity index (χ1v) is 21.7. The molecular formula is C44H86O3. The van der Waals surface area contributed by atoms with Gasteiger partial charge in [0.05, 0.1) is 6.61 Å². The van der Waals surface area contributed by atoms with Crippen LogP contribution in [0.5, 0.6) is 0 Å². The van der Waals surface area contributed by atoms with Crippen LogP contribution in [-0.4, -0.2) is 24.3 Å². The fraction of sp³-hybridized carbons (Fsp3) is 0.932. The van der Waals surface area contributed by atoms with Crippen molar-refractivity contribution >= 4 is 5.97 Å². The normalized spacial score (nSPS) is 11.6. The summed E-state index contributed by atoms with van der Waals surface area (Å²) in [6.45, 7) is 3.27. The third kappa shape index (κ3) is 43.1. The van der Waals surface area contributed by atoms with Crippen LogP contribution in [0.1, 0.15) is 251 Å². The minimum atomic E-state index is 0.0209. The van der Waals surface area contributed by atoms with Gasteiger partial charge in [0, 0.05) is 13.0 Å². The molecule has 0 aliphatic heterocycles. The van der Waals surface area contributed by atoms with Gasteiger partial charge in [0.1, 0.15) is 0 Å². The van der Waals surface area contributed by atoms with Crippen LogP contribution in [0, 0.1) is 0 Å². The summed E-state index contributed by atoms with van der Waals surface area (Å²) in [5.74, 6) is 0.0209. The average Bonchev–Trinajstić information content (AvgIpc) is 3.08. The Morgan fingerprint density at radius 1 is 0.404 bits per heavy atom. The average molecular weight is 663 g/mol. The summed E-state index contributed by atoms with van der Waals surface area (Å²) in [5, 5.41) is 8.80. The minimum absolute atomic E-state index is 0.0209. The van der Waals surface area contributed by atoms with Crippen LogP contribution in [0.3, 0.4) is 0 Å². The number of carbonyl (C=O) groups excluding carboxylic acids is 1. The van der Waals surface area contributed by atoms with Gasteiger partial charge in [-0.3, -0.25) is 4.79 Å². The van der Waals surface area contributed by atoms with Gasteiger partial charge in [0.2, 0.25) is 0 Å². The van der Waals surface area contributed by atoms with E-state index >= 15 is 0 Å². The number of aliphatic hydroxyl groups is 1. The lowest BCUT2D eigenvalue weighted by atomic mass is 10.0. The van der Waals surface area contributed by atoms with Gasteiger partial charge < -0.3 is 9.84 Å². The monoisotopic (exact) mass is 663 g/mol. The van der Waals surface area contributed by atoms with E-state index in [-0.39, 0.29) is 5.97 Å². The van der Waals surface area contributed by atoms with Crippen molar-refractivity contribution in [2.45, 2.75) is 251 Å². The quantitative estimate of drug-likeness (QED) is 0.0402. The molecule has 0 aliphatic carbocycles. The molecule has 0 spiro atoms. The molecule has 0 bridgehead atoms. The smallest absolute Gasteiger partial charge is 0.305 e. The Morgan fingerprint density at radius 2 is 0.702 bits per heavy atom. The second-order valence-electron chi connectivity index (χ2n) is 14.8. The molecule has 3 nitrogen and oxygen atoms in total. The SMILES string of the molecule is CCCCCCCCC=CCCCCCCCCCCCCCC(=O)OCCCCCCCCCCCCCCCCCCCCO. The van der Waals surface area contributed by atoms with E-state index in [1.54, 1.807) is 0 Å². The summed E-state index contributed by atoms with van der Waals surface area (Å²) in [5.41, 5.74) is 0. The van der Waals surface area contributed by atoms with Crippen LogP contribution in [-0.2, 0) is 9.53 Å². The van der Waals surface area contributed by atoms with Crippen molar-refractivity contribution in [2.24, 2.45) is 0 Å². The number of carbonyl (C=O) groups is 1. The van der Waals surface area contributed by atoms with E-state index in [1.165, 1.54) is 218 Å². The molecular weight excluding hydrogens is 576 g/mol. The second kappa shape index (κ2) is 43.2. The summed E-state index contributed by atoms with van der Waals surface area (Å²) in [6, 6.07) is 0. The maximum absolute atomic E-state index is 12.0. The van der Waals surface area contributed by atoms with Crippen LogP contribution in [0.2, 0.25) is 0 Å². The second-order valence-corrected chi connectivity index (χ2v) is 14.8. The summed E-state index contributed by atoms with van der Waals surface area (Å²) in [6.07, 6.45) is 54.6. The molecule has 3 heteroatoms. The zero-order chi connectivity index (χ0) is 34.0. The Labute approximate surface area is 296 Å². The van der Waals surface area contributed by atoms with E-state index in [9.17, 15) is 4.79 Å². The lowest BCUT2D eigenvalue weighted by Gasteiger charge is -2.06. The molecule has 0 saturated carbocycles. The maximum Gasteiger partial charge on any atom is 0.305 e. The third-order valence-electron chi connectivity index (χ3n) is 9.96. The Balaban J connectivity index is 3.17. The van der Waals surface area contributed by atoms with Gasteiger partial charge in [-0.2, -0.15) is 0 Å². The van der Waals surface area contributed by atoms with Gasteiger partial charge in [-0.05, 0) is 44.9 Å². The first kappa shape index (κ1) is 46.2. The van der Waals surface area contributed by atoms with Crippen LogP contribution < -0.4 is 0 Å². The number of unbranched alkanes of at least 4 members (excludes halogenated alkanes) is 34. The van der Waals surface area contributed by atoms with Gasteiger partial charge >= 0.3 is 5.97 Å². The fourth-order valence-corrected chi connectivity index (χ4v) is 6.70. The summed E-state index contributed by atoms with van der Waals surface area (Å²) in [4.78, 5) is 12.0. The number of rotatable bonds is 41. The third-order valence-corrected chi connectivity index (χ3v) is 9.96. The number of hydrogen-bond acceptors (Lipinski definition) is 3. The number of allylic oxidation sites excluding steroid dienone is 2. The van der Waals surface area contributed by atoms with Crippen molar-refractivity contribution in [1.29, 1.82) is 0 Å². The molecule has 0 saturated heterocycles. The number of hydrogen-bond donors (Lipinski definition) is 1. The van der Waals surface area contributed by atoms with E-state index in [4.69, 9.17) is 9.84 Å². The maximum atomic E-state index is 12.0. The predicted molar refractivity (Wildman–Crippen MR) is 208 cm³/mol. The van der Waals surface area contributed by atoms with Crippen LogP contribution in [0.4, 0.5) is 0 Å². The molecule has 0 amide bonds. The van der Waals surface area contributed by atoms with Crippen LogP contribution >= 0.6 is 0 Å². The van der Waals surface area contributed by atoms with Crippen molar-refractivity contribution in [3.8, 4) is 0 Å². The molecule has 0 aliphatic rings. The molecule has 0 aromatic heterocycles. The first-order chi connectivity index (χ1) is 23.3. The number of aliphatic hydroxyl groups excluding tert-OH is 1. The van der Waals surface area contributed by atoms with Crippen LogP contribution in [0.25, 0.3) is 0 Å². The van der Waals surface area contributed by atoms with Crippen molar-refractivity contribution in [3.05, 3.63) is 12.2 Å². The molecule has 0 aromatic rings. The number of esters is 1. The molecule has 0 heterocycles. The Hall–Kier alpha value is -0.830. The topological polar surface area (TPSA) is 46.5 Å². The van der Waals surface area contributed by atoms with Crippen molar-refractivity contribution in [1.82, 2.24) is 0 Å². The summed E-state index contributed by atoms with van der Waals surface area (Å²) >= 11 is 0. The van der Waals surface area contributed by atoms with E-state index in [2.05, 4.69) is 19.1 Å². The Morgan fingerprint density at radius 3 is 1.06 bits per heavy atom. The Kier molecular flexibility index (Phi) is 42.4. The van der Waals surface area contributed by atoms with Crippen molar-refractivity contribution in [2.75, 3.05) is 13.2 Å². The number of ether oxygens (including phenoxy) is 1. The predicted octanol–water partition coefficient (Wildman–Crippen LogP) is 14.9. The van der Waals surface area contributed by atoms with Gasteiger partial charge in [-0.25, -0.2) is 0 Å².